The van der Waals surface area contributed by atoms with Crippen molar-refractivity contribution in [3.63, 3.8) is 0 Å². The average Bonchev–Trinajstić information content (AvgIpc) is 2.36. The van der Waals surface area contributed by atoms with Crippen molar-refractivity contribution in [1.29, 1.82) is 0 Å². The number of ketones is 1. The second-order valence-electron chi connectivity index (χ2n) is 6.67. The van der Waals surface area contributed by atoms with Gasteiger partial charge in [0.25, 0.3) is 0 Å². The van der Waals surface area contributed by atoms with E-state index in [9.17, 15) is 4.79 Å². The monoisotopic (exact) mass is 286 g/mol. The molecule has 0 saturated heterocycles. The Morgan fingerprint density at radius 2 is 1.81 bits per heavy atom. The van der Waals surface area contributed by atoms with Crippen LogP contribution < -0.4 is 0 Å². The van der Waals surface area contributed by atoms with E-state index in [1.807, 2.05) is 13.0 Å². The lowest BCUT2D eigenvalue weighted by Gasteiger charge is -2.17. The van der Waals surface area contributed by atoms with Crippen LogP contribution in [0.25, 0.3) is 0 Å². The average molecular weight is 286 g/mol. The van der Waals surface area contributed by atoms with Gasteiger partial charge in [0.2, 0.25) is 0 Å². The minimum absolute atomic E-state index is 0.232. The van der Waals surface area contributed by atoms with E-state index in [0.717, 1.165) is 24.8 Å². The molecule has 1 aliphatic rings. The molecule has 0 N–H and O–H groups in total. The van der Waals surface area contributed by atoms with Gasteiger partial charge in [-0.3, -0.25) is 4.79 Å². The van der Waals surface area contributed by atoms with Crippen LogP contribution in [0.3, 0.4) is 0 Å². The first kappa shape index (κ1) is 17.7. The van der Waals surface area contributed by atoms with Crippen molar-refractivity contribution in [2.45, 2.75) is 60.3 Å². The van der Waals surface area contributed by atoms with E-state index in [4.69, 9.17) is 0 Å². The Kier molecular flexibility index (Phi) is 7.42. The topological polar surface area (TPSA) is 17.1 Å². The molecule has 1 nitrogen and oxygen atoms in total. The molecule has 1 atom stereocenters. The fourth-order valence-corrected chi connectivity index (χ4v) is 2.58. The van der Waals surface area contributed by atoms with E-state index < -0.39 is 0 Å². The predicted octanol–water partition coefficient (Wildman–Crippen LogP) is 5.80. The summed E-state index contributed by atoms with van der Waals surface area (Å²) in [5.74, 6) is 1.44. The standard InChI is InChI=1S/C20H30O/c1-15(2)19-11-9-16(3)7-6-8-17(4)13-20(21)14-18(5)10-12-19/h7-9,11,14-15,19H,6,10,12-13H2,1-5H3/b11-9?,16-7-,17-8+,18-14+/t19-/m0/s1. The maximum absolute atomic E-state index is 12.0. The van der Waals surface area contributed by atoms with Gasteiger partial charge in [-0.15, -0.1) is 0 Å². The summed E-state index contributed by atoms with van der Waals surface area (Å²) in [5.41, 5.74) is 3.67. The molecule has 0 saturated carbocycles. The largest absolute Gasteiger partial charge is 0.295 e. The molecule has 1 heteroatoms. The Labute approximate surface area is 130 Å². The molecule has 1 rings (SSSR count). The molecule has 0 aromatic carbocycles. The quantitative estimate of drug-likeness (QED) is 0.557. The maximum Gasteiger partial charge on any atom is 0.159 e. The van der Waals surface area contributed by atoms with Crippen LogP contribution in [0.5, 0.6) is 0 Å². The zero-order valence-corrected chi connectivity index (χ0v) is 14.3. The summed E-state index contributed by atoms with van der Waals surface area (Å²) in [6, 6.07) is 0. The first-order chi connectivity index (χ1) is 9.88. The number of hydrogen-bond donors (Lipinski definition) is 0. The third-order valence-corrected chi connectivity index (χ3v) is 4.10. The second kappa shape index (κ2) is 8.81. The van der Waals surface area contributed by atoms with Gasteiger partial charge in [-0.25, -0.2) is 0 Å². The molecule has 0 spiro atoms. The van der Waals surface area contributed by atoms with E-state index in [1.165, 1.54) is 11.1 Å². The van der Waals surface area contributed by atoms with Crippen LogP contribution in [0.15, 0.2) is 47.1 Å². The summed E-state index contributed by atoms with van der Waals surface area (Å²) in [5, 5.41) is 0. The minimum Gasteiger partial charge on any atom is -0.295 e. The second-order valence-corrected chi connectivity index (χ2v) is 6.67. The van der Waals surface area contributed by atoms with Crippen molar-refractivity contribution < 1.29 is 4.79 Å². The summed E-state index contributed by atoms with van der Waals surface area (Å²) in [6.07, 6.45) is 14.4. The zero-order chi connectivity index (χ0) is 15.8. The number of carbonyl (C=O) groups excluding carboxylic acids is 1. The molecular formula is C20H30O. The van der Waals surface area contributed by atoms with Crippen LogP contribution >= 0.6 is 0 Å². The number of hydrogen-bond acceptors (Lipinski definition) is 1. The highest BCUT2D eigenvalue weighted by molar-refractivity contribution is 5.91. The molecule has 0 fully saturated rings. The maximum atomic E-state index is 12.0. The normalized spacial score (nSPS) is 29.9. The van der Waals surface area contributed by atoms with E-state index in [0.29, 0.717) is 18.3 Å². The van der Waals surface area contributed by atoms with Crippen LogP contribution in [0.4, 0.5) is 0 Å². The molecular weight excluding hydrogens is 256 g/mol. The van der Waals surface area contributed by atoms with Gasteiger partial charge < -0.3 is 0 Å². The van der Waals surface area contributed by atoms with Crippen molar-refractivity contribution in [3.8, 4) is 0 Å². The van der Waals surface area contributed by atoms with Crippen molar-refractivity contribution in [1.82, 2.24) is 0 Å². The van der Waals surface area contributed by atoms with Gasteiger partial charge in [0.1, 0.15) is 0 Å². The number of allylic oxidation sites excluding steroid dienone is 8. The van der Waals surface area contributed by atoms with Gasteiger partial charge in [-0.2, -0.15) is 0 Å². The van der Waals surface area contributed by atoms with Gasteiger partial charge >= 0.3 is 0 Å². The van der Waals surface area contributed by atoms with Crippen LogP contribution in [0, 0.1) is 11.8 Å². The van der Waals surface area contributed by atoms with Crippen molar-refractivity contribution in [2.75, 3.05) is 0 Å². The number of rotatable bonds is 1. The molecule has 0 aromatic heterocycles. The fourth-order valence-electron chi connectivity index (χ4n) is 2.58. The van der Waals surface area contributed by atoms with Crippen LogP contribution in [-0.2, 0) is 4.79 Å². The predicted molar refractivity (Wildman–Crippen MR) is 92.2 cm³/mol. The molecule has 0 heterocycles. The summed E-state index contributed by atoms with van der Waals surface area (Å²) in [4.78, 5) is 12.0. The van der Waals surface area contributed by atoms with E-state index in [1.54, 1.807) is 0 Å². The summed E-state index contributed by atoms with van der Waals surface area (Å²) in [6.45, 7) is 10.8. The molecule has 1 aliphatic carbocycles. The highest BCUT2D eigenvalue weighted by Crippen LogP contribution is 2.22. The molecule has 0 bridgehead atoms. The SMILES string of the molecule is C/C1=C/C/C=C(\C)CC(=O)/C=C(\C)CC[C@@H](C(C)C)C=C1. The molecule has 0 unspecified atom stereocenters. The van der Waals surface area contributed by atoms with Crippen molar-refractivity contribution in [3.05, 3.63) is 47.1 Å². The lowest BCUT2D eigenvalue weighted by molar-refractivity contribution is -0.114. The van der Waals surface area contributed by atoms with Gasteiger partial charge in [0, 0.05) is 6.42 Å². The van der Waals surface area contributed by atoms with Gasteiger partial charge in [-0.05, 0) is 57.9 Å². The van der Waals surface area contributed by atoms with Crippen molar-refractivity contribution in [2.24, 2.45) is 11.8 Å². The zero-order valence-electron chi connectivity index (χ0n) is 14.3. The first-order valence-corrected chi connectivity index (χ1v) is 8.09. The van der Waals surface area contributed by atoms with Crippen LogP contribution in [-0.4, -0.2) is 5.78 Å². The highest BCUT2D eigenvalue weighted by atomic mass is 16.1. The summed E-state index contributed by atoms with van der Waals surface area (Å²) in [7, 11) is 0. The Morgan fingerprint density at radius 3 is 2.48 bits per heavy atom. The third-order valence-electron chi connectivity index (χ3n) is 4.10. The van der Waals surface area contributed by atoms with E-state index in [-0.39, 0.29) is 5.78 Å². The Hall–Kier alpha value is -1.37. The first-order valence-electron chi connectivity index (χ1n) is 8.09. The Balaban J connectivity index is 2.96. The molecule has 116 valence electrons. The molecule has 0 amide bonds. The smallest absolute Gasteiger partial charge is 0.159 e. The fraction of sp³-hybridized carbons (Fsp3) is 0.550. The van der Waals surface area contributed by atoms with Crippen LogP contribution in [0.2, 0.25) is 0 Å². The summed E-state index contributed by atoms with van der Waals surface area (Å²) < 4.78 is 0. The van der Waals surface area contributed by atoms with Gasteiger partial charge in [-0.1, -0.05) is 54.9 Å². The molecule has 0 aromatic rings. The minimum atomic E-state index is 0.232. The molecule has 0 aliphatic heterocycles. The Morgan fingerprint density at radius 1 is 1.10 bits per heavy atom. The highest BCUT2D eigenvalue weighted by Gasteiger charge is 2.10. The lowest BCUT2D eigenvalue weighted by Crippen LogP contribution is -2.06. The van der Waals surface area contributed by atoms with Crippen molar-refractivity contribution >= 4 is 5.78 Å². The molecule has 0 radical (unpaired) electrons. The van der Waals surface area contributed by atoms with Crippen LogP contribution in [0.1, 0.15) is 60.3 Å². The Bertz CT molecular complexity index is 472. The van der Waals surface area contributed by atoms with E-state index in [2.05, 4.69) is 52.0 Å². The lowest BCUT2D eigenvalue weighted by atomic mass is 9.88. The third kappa shape index (κ3) is 7.27. The molecule has 21 heavy (non-hydrogen) atoms. The number of carbonyl (C=O) groups is 1. The van der Waals surface area contributed by atoms with Gasteiger partial charge in [0.05, 0.1) is 0 Å². The summed E-state index contributed by atoms with van der Waals surface area (Å²) >= 11 is 0. The van der Waals surface area contributed by atoms with E-state index >= 15 is 0 Å². The van der Waals surface area contributed by atoms with Gasteiger partial charge in [0.15, 0.2) is 5.78 Å².